The van der Waals surface area contributed by atoms with Crippen molar-refractivity contribution in [3.63, 3.8) is 0 Å². The fraction of sp³-hybridized carbons (Fsp3) is 0.375. The van der Waals surface area contributed by atoms with Crippen LogP contribution in [0.1, 0.15) is 30.6 Å². The maximum Gasteiger partial charge on any atom is 0.139 e. The van der Waals surface area contributed by atoms with E-state index in [0.717, 1.165) is 52.4 Å². The Morgan fingerprint density at radius 2 is 2.05 bits per heavy atom. The molecule has 2 aromatic rings. The minimum atomic E-state index is 0.728. The van der Waals surface area contributed by atoms with E-state index in [4.69, 9.17) is 11.6 Å². The van der Waals surface area contributed by atoms with E-state index in [0.29, 0.717) is 0 Å². The van der Waals surface area contributed by atoms with Gasteiger partial charge in [0.2, 0.25) is 0 Å². The van der Waals surface area contributed by atoms with Crippen molar-refractivity contribution in [2.45, 2.75) is 37.5 Å². The van der Waals surface area contributed by atoms with Gasteiger partial charge in [-0.1, -0.05) is 30.7 Å². The zero-order chi connectivity index (χ0) is 15.1. The Kier molecular flexibility index (Phi) is 6.49. The summed E-state index contributed by atoms with van der Waals surface area (Å²) in [5, 5.41) is 4.15. The molecule has 1 aromatic carbocycles. The summed E-state index contributed by atoms with van der Waals surface area (Å²) in [5.41, 5.74) is 2.05. The first kappa shape index (κ1) is 16.3. The highest BCUT2D eigenvalue weighted by Gasteiger charge is 2.05. The number of rotatable bonds is 7. The number of hydrogen-bond acceptors (Lipinski definition) is 4. The SMILES string of the molecule is CCCNCc1cc(C)nc(CSc2ccccc2Cl)n1. The maximum atomic E-state index is 6.17. The van der Waals surface area contributed by atoms with E-state index in [-0.39, 0.29) is 0 Å². The second-order valence-corrected chi connectivity index (χ2v) is 6.24. The summed E-state index contributed by atoms with van der Waals surface area (Å²) in [5.74, 6) is 1.58. The number of aromatic nitrogens is 2. The molecular weight excluding hydrogens is 302 g/mol. The third-order valence-electron chi connectivity index (χ3n) is 2.88. The summed E-state index contributed by atoms with van der Waals surface area (Å²) in [6, 6.07) is 9.89. The van der Waals surface area contributed by atoms with Crippen LogP contribution in [-0.2, 0) is 12.3 Å². The van der Waals surface area contributed by atoms with Crippen molar-refractivity contribution in [1.29, 1.82) is 0 Å². The lowest BCUT2D eigenvalue weighted by Gasteiger charge is -2.07. The molecule has 0 radical (unpaired) electrons. The number of hydrogen-bond donors (Lipinski definition) is 1. The lowest BCUT2D eigenvalue weighted by Crippen LogP contribution is -2.15. The molecule has 0 aliphatic rings. The second-order valence-electron chi connectivity index (χ2n) is 4.81. The molecule has 0 spiro atoms. The van der Waals surface area contributed by atoms with Gasteiger partial charge in [-0.05, 0) is 38.1 Å². The van der Waals surface area contributed by atoms with Gasteiger partial charge in [-0.3, -0.25) is 0 Å². The summed E-state index contributed by atoms with van der Waals surface area (Å²) in [6.07, 6.45) is 1.12. The molecule has 1 aromatic heterocycles. The van der Waals surface area contributed by atoms with Gasteiger partial charge >= 0.3 is 0 Å². The number of thioether (sulfide) groups is 1. The van der Waals surface area contributed by atoms with Crippen molar-refractivity contribution >= 4 is 23.4 Å². The van der Waals surface area contributed by atoms with E-state index in [1.807, 2.05) is 37.3 Å². The van der Waals surface area contributed by atoms with Crippen LogP contribution < -0.4 is 5.32 Å². The third-order valence-corrected chi connectivity index (χ3v) is 4.39. The van der Waals surface area contributed by atoms with E-state index in [1.165, 1.54) is 0 Å². The zero-order valence-electron chi connectivity index (χ0n) is 12.4. The summed E-state index contributed by atoms with van der Waals surface area (Å²) in [4.78, 5) is 10.2. The summed E-state index contributed by atoms with van der Waals surface area (Å²) >= 11 is 7.83. The van der Waals surface area contributed by atoms with Crippen molar-refractivity contribution in [2.24, 2.45) is 0 Å². The molecule has 0 fully saturated rings. The Bertz CT molecular complexity index is 589. The number of halogens is 1. The molecule has 1 heterocycles. The van der Waals surface area contributed by atoms with Crippen molar-refractivity contribution in [3.05, 3.63) is 52.6 Å². The largest absolute Gasteiger partial charge is 0.311 e. The van der Waals surface area contributed by atoms with Gasteiger partial charge < -0.3 is 5.32 Å². The maximum absolute atomic E-state index is 6.17. The van der Waals surface area contributed by atoms with Crippen LogP contribution in [0, 0.1) is 6.92 Å². The molecule has 3 nitrogen and oxygen atoms in total. The molecule has 0 aliphatic heterocycles. The number of aryl methyl sites for hydroxylation is 1. The Morgan fingerprint density at radius 3 is 2.81 bits per heavy atom. The van der Waals surface area contributed by atoms with Crippen LogP contribution in [-0.4, -0.2) is 16.5 Å². The van der Waals surface area contributed by atoms with Crippen molar-refractivity contribution in [1.82, 2.24) is 15.3 Å². The van der Waals surface area contributed by atoms with E-state index < -0.39 is 0 Å². The Labute approximate surface area is 135 Å². The van der Waals surface area contributed by atoms with Gasteiger partial charge in [-0.2, -0.15) is 0 Å². The first-order valence-corrected chi connectivity index (χ1v) is 8.47. The highest BCUT2D eigenvalue weighted by molar-refractivity contribution is 7.98. The van der Waals surface area contributed by atoms with E-state index in [1.54, 1.807) is 11.8 Å². The van der Waals surface area contributed by atoms with Crippen molar-refractivity contribution in [2.75, 3.05) is 6.54 Å². The van der Waals surface area contributed by atoms with Gasteiger partial charge in [0.15, 0.2) is 0 Å². The van der Waals surface area contributed by atoms with Gasteiger partial charge in [-0.15, -0.1) is 11.8 Å². The number of nitrogens with zero attached hydrogens (tertiary/aromatic N) is 2. The minimum Gasteiger partial charge on any atom is -0.311 e. The highest BCUT2D eigenvalue weighted by Crippen LogP contribution is 2.28. The average Bonchev–Trinajstić information content (AvgIpc) is 2.46. The smallest absolute Gasteiger partial charge is 0.139 e. The predicted molar refractivity (Wildman–Crippen MR) is 89.8 cm³/mol. The van der Waals surface area contributed by atoms with Gasteiger partial charge in [-0.25, -0.2) is 9.97 Å². The van der Waals surface area contributed by atoms with Crippen LogP contribution in [0.3, 0.4) is 0 Å². The minimum absolute atomic E-state index is 0.728. The summed E-state index contributed by atoms with van der Waals surface area (Å²) in [6.45, 7) is 5.96. The van der Waals surface area contributed by atoms with Crippen LogP contribution >= 0.6 is 23.4 Å². The van der Waals surface area contributed by atoms with Crippen LogP contribution in [0.15, 0.2) is 35.2 Å². The zero-order valence-corrected chi connectivity index (χ0v) is 14.0. The van der Waals surface area contributed by atoms with E-state index in [9.17, 15) is 0 Å². The molecule has 0 unspecified atom stereocenters. The van der Waals surface area contributed by atoms with Gasteiger partial charge in [0.1, 0.15) is 5.82 Å². The molecule has 112 valence electrons. The van der Waals surface area contributed by atoms with Crippen LogP contribution in [0.5, 0.6) is 0 Å². The van der Waals surface area contributed by atoms with Crippen LogP contribution in [0.4, 0.5) is 0 Å². The van der Waals surface area contributed by atoms with Gasteiger partial charge in [0.25, 0.3) is 0 Å². The van der Waals surface area contributed by atoms with Crippen LogP contribution in [0.25, 0.3) is 0 Å². The average molecular weight is 322 g/mol. The molecule has 0 saturated carbocycles. The molecule has 0 amide bonds. The molecule has 0 bridgehead atoms. The third kappa shape index (κ3) is 5.30. The molecule has 5 heteroatoms. The molecule has 2 rings (SSSR count). The second kappa shape index (κ2) is 8.37. The predicted octanol–water partition coefficient (Wildman–Crippen LogP) is 4.23. The van der Waals surface area contributed by atoms with Crippen molar-refractivity contribution in [3.8, 4) is 0 Å². The standard InChI is InChI=1S/C16H20ClN3S/c1-3-8-18-10-13-9-12(2)19-16(20-13)11-21-15-7-5-4-6-14(15)17/h4-7,9,18H,3,8,10-11H2,1-2H3. The van der Waals surface area contributed by atoms with E-state index in [2.05, 4.69) is 22.2 Å². The Morgan fingerprint density at radius 1 is 1.24 bits per heavy atom. The van der Waals surface area contributed by atoms with Crippen LogP contribution in [0.2, 0.25) is 5.02 Å². The monoisotopic (exact) mass is 321 g/mol. The molecule has 21 heavy (non-hydrogen) atoms. The fourth-order valence-electron chi connectivity index (χ4n) is 1.95. The molecular formula is C16H20ClN3S. The first-order chi connectivity index (χ1) is 10.2. The molecule has 1 N–H and O–H groups in total. The molecule has 0 aliphatic carbocycles. The summed E-state index contributed by atoms with van der Waals surface area (Å²) in [7, 11) is 0. The highest BCUT2D eigenvalue weighted by atomic mass is 35.5. The number of nitrogens with one attached hydrogen (secondary N) is 1. The lowest BCUT2D eigenvalue weighted by atomic mass is 10.3. The van der Waals surface area contributed by atoms with E-state index >= 15 is 0 Å². The quantitative estimate of drug-likeness (QED) is 0.611. The van der Waals surface area contributed by atoms with Gasteiger partial charge in [0, 0.05) is 17.1 Å². The first-order valence-electron chi connectivity index (χ1n) is 7.10. The molecule has 0 atom stereocenters. The van der Waals surface area contributed by atoms with Crippen molar-refractivity contribution < 1.29 is 0 Å². The normalized spacial score (nSPS) is 10.8. The summed E-state index contributed by atoms with van der Waals surface area (Å²) < 4.78 is 0. The Hall–Kier alpha value is -1.10. The number of benzene rings is 1. The lowest BCUT2D eigenvalue weighted by molar-refractivity contribution is 0.659. The fourth-order valence-corrected chi connectivity index (χ4v) is 3.05. The Balaban J connectivity index is 2.01. The van der Waals surface area contributed by atoms with Gasteiger partial charge in [0.05, 0.1) is 16.5 Å². The topological polar surface area (TPSA) is 37.8 Å². The molecule has 0 saturated heterocycles.